The average Bonchev–Trinajstić information content (AvgIpc) is 1.36. The second-order valence-corrected chi connectivity index (χ2v) is 33.0. The molecule has 0 saturated heterocycles. The molecule has 5 atom stereocenters. The summed E-state index contributed by atoms with van der Waals surface area (Å²) in [5, 5.41) is 64.1. The third-order valence-electron chi connectivity index (χ3n) is 21.0. The molecule has 660 valence electrons. The van der Waals surface area contributed by atoms with E-state index in [0.29, 0.717) is 33.3 Å². The molecule has 0 spiro atoms. The number of nitrogens with zero attached hydrogens (tertiary/aromatic N) is 4. The summed E-state index contributed by atoms with van der Waals surface area (Å²) < 4.78 is 88.5. The summed E-state index contributed by atoms with van der Waals surface area (Å²) in [5.41, 5.74) is 12.9. The largest absolute Gasteiger partial charge is 0.494 e. The number of benzene rings is 8. The highest BCUT2D eigenvalue weighted by Gasteiger charge is 2.55. The quantitative estimate of drug-likeness (QED) is 0.0170. The normalized spacial score (nSPS) is 16.5. The number of carbonyl (C=O) groups excluding carboxylic acids is 9. The van der Waals surface area contributed by atoms with Crippen LogP contribution in [0.1, 0.15) is 223 Å². The van der Waals surface area contributed by atoms with Crippen LogP contribution in [0.2, 0.25) is 5.02 Å². The van der Waals surface area contributed by atoms with Crippen LogP contribution in [0.15, 0.2) is 204 Å². The van der Waals surface area contributed by atoms with Gasteiger partial charge in [-0.2, -0.15) is 13.2 Å². The highest BCUT2D eigenvalue weighted by atomic mass is 35.5. The third kappa shape index (κ3) is 25.5. The van der Waals surface area contributed by atoms with E-state index in [4.69, 9.17) is 42.4 Å². The van der Waals surface area contributed by atoms with Crippen LogP contribution >= 0.6 is 11.6 Å². The van der Waals surface area contributed by atoms with Crippen LogP contribution in [0.4, 0.5) is 28.0 Å². The number of aromatic nitrogens is 4. The van der Waals surface area contributed by atoms with Crippen LogP contribution in [0, 0.1) is 34.4 Å². The lowest BCUT2D eigenvalue weighted by Crippen LogP contribution is -2.55. The molecule has 2 heterocycles. The van der Waals surface area contributed by atoms with Crippen molar-refractivity contribution in [3.8, 4) is 5.75 Å². The number of rotatable bonds is 22. The van der Waals surface area contributed by atoms with Crippen LogP contribution < -0.4 is 63.4 Å². The molecular weight excluding hydrogens is 1670 g/mol. The fourth-order valence-corrected chi connectivity index (χ4v) is 16.5. The molecule has 5 unspecified atom stereocenters. The maximum absolute atomic E-state index is 13.5. The number of halogens is 5. The Bertz CT molecular complexity index is 5570. The second kappa shape index (κ2) is 42.7. The van der Waals surface area contributed by atoms with E-state index in [1.807, 2.05) is 12.1 Å². The van der Waals surface area contributed by atoms with Gasteiger partial charge in [0.15, 0.2) is 17.1 Å². The zero-order valence-corrected chi connectivity index (χ0v) is 70.0. The Hall–Kier alpha value is -13.2. The molecule has 0 aliphatic heterocycles. The molecule has 8 aromatic carbocycles. The first-order valence-electron chi connectivity index (χ1n) is 38.7. The SMILES string of the molecule is CC(C)(C)C(NC(=O)C12CC3CC(CC(C3)C1)C2)c1ccc(C(=O)NO)cc1.CC(NC(=O)Nc1ccc(C(F)(F)F)cc1Cl)c1ccc(C(=O)NO)cc1.CC(NC(=O)c1cnccn1)c1cccc(C(=O)NO)c1.CC(NS(=O)(=O)c1cccc2nonc12)c1ccc(C(=O)NO)cc1.COc1cc(C(=O)NC(C)c2ccc(C(=O)NO)cc2)ccc1F. The Morgan fingerprint density at radius 3 is 1.44 bits per heavy atom. The third-order valence-corrected chi connectivity index (χ3v) is 22.9. The molecule has 4 saturated carbocycles. The van der Waals surface area contributed by atoms with Crippen molar-refractivity contribution in [3.05, 3.63) is 278 Å². The maximum Gasteiger partial charge on any atom is 0.416 e. The molecule has 4 aliphatic rings. The van der Waals surface area contributed by atoms with E-state index in [0.717, 1.165) is 71.9 Å². The van der Waals surface area contributed by atoms with Crippen LogP contribution in [-0.4, -0.2) is 115 Å². The number of hydrogen-bond donors (Lipinski definition) is 16. The van der Waals surface area contributed by atoms with Gasteiger partial charge in [-0.1, -0.05) is 99.1 Å². The lowest BCUT2D eigenvalue weighted by atomic mass is 9.49. The molecule has 125 heavy (non-hydrogen) atoms. The van der Waals surface area contributed by atoms with E-state index < -0.39 is 75.2 Å². The summed E-state index contributed by atoms with van der Waals surface area (Å²) in [6.45, 7) is 13.3. The van der Waals surface area contributed by atoms with Gasteiger partial charge in [0.2, 0.25) is 15.9 Å². The minimum atomic E-state index is -4.53. The molecule has 10 amide bonds. The van der Waals surface area contributed by atoms with E-state index >= 15 is 0 Å². The Kier molecular flexibility index (Phi) is 32.7. The Morgan fingerprint density at radius 2 is 0.968 bits per heavy atom. The molecule has 2 aromatic heterocycles. The summed E-state index contributed by atoms with van der Waals surface area (Å²) >= 11 is 5.79. The lowest BCUT2D eigenvalue weighted by molar-refractivity contribution is -0.148. The number of hydroxylamine groups is 5. The molecule has 16 N–H and O–H groups in total. The van der Waals surface area contributed by atoms with E-state index in [9.17, 15) is 69.1 Å². The first-order chi connectivity index (χ1) is 59.3. The molecular formula is C86H92ClF4N15O18S. The van der Waals surface area contributed by atoms with Gasteiger partial charge in [-0.3, -0.25) is 69.4 Å². The molecule has 10 aromatic rings. The van der Waals surface area contributed by atoms with Gasteiger partial charge >= 0.3 is 12.2 Å². The predicted molar refractivity (Wildman–Crippen MR) is 444 cm³/mol. The Balaban J connectivity index is 0.000000177. The summed E-state index contributed by atoms with van der Waals surface area (Å²) in [5.74, 6) is -1.91. The summed E-state index contributed by atoms with van der Waals surface area (Å²) in [6, 6.07) is 40.9. The summed E-state index contributed by atoms with van der Waals surface area (Å²) in [4.78, 5) is 114. The number of alkyl halides is 3. The number of ether oxygens (including phenoxy) is 1. The zero-order chi connectivity index (χ0) is 91.3. The van der Waals surface area contributed by atoms with E-state index in [1.54, 1.807) is 129 Å². The number of sulfonamides is 1. The number of fused-ring (bicyclic) bond motifs is 1. The lowest BCUT2D eigenvalue weighted by Gasteiger charge is -2.56. The number of amides is 10. The van der Waals surface area contributed by atoms with E-state index in [2.05, 4.69) is 77.0 Å². The highest BCUT2D eigenvalue weighted by Crippen LogP contribution is 2.60. The van der Waals surface area contributed by atoms with Crippen molar-refractivity contribution < 1.29 is 105 Å². The van der Waals surface area contributed by atoms with Gasteiger partial charge in [0.25, 0.3) is 41.4 Å². The van der Waals surface area contributed by atoms with Crippen LogP contribution in [0.5, 0.6) is 5.75 Å². The smallest absolute Gasteiger partial charge is 0.416 e. The van der Waals surface area contributed by atoms with Crippen LogP contribution in [0.25, 0.3) is 11.0 Å². The second-order valence-electron chi connectivity index (χ2n) is 30.9. The molecule has 4 fully saturated rings. The van der Waals surface area contributed by atoms with Crippen molar-refractivity contribution in [2.45, 2.75) is 128 Å². The van der Waals surface area contributed by atoms with E-state index in [1.165, 1.54) is 117 Å². The predicted octanol–water partition coefficient (Wildman–Crippen LogP) is 13.5. The van der Waals surface area contributed by atoms with Crippen LogP contribution in [0.3, 0.4) is 0 Å². The van der Waals surface area contributed by atoms with Gasteiger partial charge < -0.3 is 31.3 Å². The zero-order valence-electron chi connectivity index (χ0n) is 68.5. The fraction of sp³-hybridized carbons (Fsp3) is 0.291. The van der Waals surface area contributed by atoms with Gasteiger partial charge in [-0.25, -0.2) is 59.3 Å². The number of carbonyl (C=O) groups is 9. The maximum atomic E-state index is 13.5. The van der Waals surface area contributed by atoms with E-state index in [-0.39, 0.29) is 95.9 Å². The minimum absolute atomic E-state index is 0.00493. The van der Waals surface area contributed by atoms with Gasteiger partial charge in [0.05, 0.1) is 53.7 Å². The Morgan fingerprint density at radius 1 is 0.512 bits per heavy atom. The first kappa shape index (κ1) is 95.6. The number of anilines is 1. The summed E-state index contributed by atoms with van der Waals surface area (Å²) in [7, 11) is -2.54. The average molecular weight is 1770 g/mol. The molecule has 14 rings (SSSR count). The topological polar surface area (TPSA) is 495 Å². The Labute approximate surface area is 719 Å². The number of urea groups is 1. The molecule has 4 bridgehead atoms. The van der Waals surface area contributed by atoms with Gasteiger partial charge in [0, 0.05) is 57.2 Å². The monoisotopic (exact) mass is 1770 g/mol. The van der Waals surface area contributed by atoms with Crippen LogP contribution in [-0.2, 0) is 21.0 Å². The van der Waals surface area contributed by atoms with Crippen molar-refractivity contribution in [2.75, 3.05) is 12.4 Å². The van der Waals surface area contributed by atoms with Crippen molar-refractivity contribution in [2.24, 2.45) is 28.6 Å². The highest BCUT2D eigenvalue weighted by molar-refractivity contribution is 7.89. The van der Waals surface area contributed by atoms with Gasteiger partial charge in [-0.05, 0) is 237 Å². The molecule has 39 heteroatoms. The standard InChI is InChI=1S/C23H32N2O3.C17H15ClF3N3O3.C17H17FN2O4.C15H14N4O5S.C14H14N4O3/c1-22(2,3)19(17-4-6-18(7-5-17)20(26)25-28)24-21(27)23-11-14-8-15(12-23)10-16(9-14)13-23;1-9(10-2-4-11(5-3-10)15(25)24-27)22-16(26)23-14-7-6-12(8-13(14)18)17(19,20)21;1-10(11-3-5-12(6-4-11)17(22)20-23)19-16(21)13-7-8-14(18)15(9-13)24-2;1-9(10-5-7-11(8-6-10)15(20)16-21)19-25(22,23)13-4-2-3-12-14(13)18-24-17-12;1-9(17-14(20)12-8-15-5-6-16-12)10-3-2-4-11(7-10)13(19)18-21/h4-7,14-16,19,28H,8-13H2,1-3H3,(H,24,27)(H,25,26);2-9,27H,1H3,(H,24,25)(H2,22,23,26);3-10,23H,1-2H3,(H,19,21)(H,20,22);2-9,19,21H,1H3,(H,16,20);2-9,21H,1H3,(H,17,20)(H,18,19). The van der Waals surface area contributed by atoms with Crippen molar-refractivity contribution in [1.82, 2.24) is 73.7 Å². The number of hydrogen-bond acceptors (Lipinski definition) is 22. The fourth-order valence-electron chi connectivity index (χ4n) is 14.9. The van der Waals surface area contributed by atoms with Gasteiger partial charge in [-0.15, -0.1) is 0 Å². The van der Waals surface area contributed by atoms with Crippen molar-refractivity contribution >= 4 is 91.6 Å². The summed E-state index contributed by atoms with van der Waals surface area (Å²) in [6.07, 6.45) is 6.89. The minimum Gasteiger partial charge on any atom is -0.494 e. The van der Waals surface area contributed by atoms with Crippen molar-refractivity contribution in [3.63, 3.8) is 0 Å². The molecule has 4 aliphatic carbocycles. The van der Waals surface area contributed by atoms with Gasteiger partial charge in [0.1, 0.15) is 16.1 Å². The first-order valence-corrected chi connectivity index (χ1v) is 40.6. The van der Waals surface area contributed by atoms with Crippen molar-refractivity contribution in [1.29, 1.82) is 0 Å². The number of methoxy groups -OCH3 is 1. The molecule has 33 nitrogen and oxygen atoms in total. The molecule has 0 radical (unpaired) electrons. The number of nitrogens with one attached hydrogen (secondary N) is 11.